The molecular formula is C15H21NO2. The highest BCUT2D eigenvalue weighted by atomic mass is 16.5. The lowest BCUT2D eigenvalue weighted by molar-refractivity contribution is -0.143. The SMILES string of the molecule is CCCCc1ccc(N2CCC2C(=O)OC)cc1. The molecule has 0 saturated carbocycles. The van der Waals surface area contributed by atoms with Gasteiger partial charge in [-0.15, -0.1) is 0 Å². The minimum absolute atomic E-state index is 0.0866. The lowest BCUT2D eigenvalue weighted by Crippen LogP contribution is -2.53. The van der Waals surface area contributed by atoms with Crippen LogP contribution in [0.2, 0.25) is 0 Å². The molecule has 0 N–H and O–H groups in total. The lowest BCUT2D eigenvalue weighted by Gasteiger charge is -2.40. The smallest absolute Gasteiger partial charge is 0.328 e. The summed E-state index contributed by atoms with van der Waals surface area (Å²) in [5.41, 5.74) is 2.49. The number of aryl methyl sites for hydroxylation is 1. The summed E-state index contributed by atoms with van der Waals surface area (Å²) in [5.74, 6) is -0.128. The minimum Gasteiger partial charge on any atom is -0.467 e. The van der Waals surface area contributed by atoms with Crippen LogP contribution in [0.15, 0.2) is 24.3 Å². The molecule has 0 aromatic heterocycles. The summed E-state index contributed by atoms with van der Waals surface area (Å²) < 4.78 is 4.80. The van der Waals surface area contributed by atoms with Crippen LogP contribution in [0.5, 0.6) is 0 Å². The average Bonchev–Trinajstić information content (AvgIpc) is 2.36. The van der Waals surface area contributed by atoms with Crippen molar-refractivity contribution in [2.24, 2.45) is 0 Å². The molecule has 1 heterocycles. The third-order valence-electron chi connectivity index (χ3n) is 3.58. The van der Waals surface area contributed by atoms with Gasteiger partial charge < -0.3 is 9.64 Å². The molecule has 1 saturated heterocycles. The number of carbonyl (C=O) groups is 1. The number of rotatable bonds is 5. The Morgan fingerprint density at radius 1 is 1.39 bits per heavy atom. The maximum atomic E-state index is 11.5. The maximum Gasteiger partial charge on any atom is 0.328 e. The summed E-state index contributed by atoms with van der Waals surface area (Å²) in [6.45, 7) is 3.14. The topological polar surface area (TPSA) is 29.5 Å². The van der Waals surface area contributed by atoms with E-state index in [1.807, 2.05) is 0 Å². The highest BCUT2D eigenvalue weighted by molar-refractivity contribution is 5.82. The van der Waals surface area contributed by atoms with Crippen molar-refractivity contribution in [3.63, 3.8) is 0 Å². The molecule has 1 aliphatic rings. The zero-order chi connectivity index (χ0) is 13.0. The summed E-state index contributed by atoms with van der Waals surface area (Å²) in [5, 5.41) is 0. The Kier molecular flexibility index (Phi) is 4.24. The second kappa shape index (κ2) is 5.89. The van der Waals surface area contributed by atoms with Crippen LogP contribution in [0.25, 0.3) is 0 Å². The van der Waals surface area contributed by atoms with Crippen molar-refractivity contribution >= 4 is 11.7 Å². The van der Waals surface area contributed by atoms with Gasteiger partial charge in [0.15, 0.2) is 0 Å². The number of carbonyl (C=O) groups excluding carboxylic acids is 1. The van der Waals surface area contributed by atoms with Crippen LogP contribution in [0.4, 0.5) is 5.69 Å². The first kappa shape index (κ1) is 12.9. The van der Waals surface area contributed by atoms with Gasteiger partial charge in [-0.2, -0.15) is 0 Å². The lowest BCUT2D eigenvalue weighted by atomic mass is 10.0. The molecule has 0 spiro atoms. The second-order valence-electron chi connectivity index (χ2n) is 4.79. The van der Waals surface area contributed by atoms with Crippen molar-refractivity contribution in [1.82, 2.24) is 0 Å². The number of anilines is 1. The van der Waals surface area contributed by atoms with E-state index in [-0.39, 0.29) is 12.0 Å². The Morgan fingerprint density at radius 3 is 2.61 bits per heavy atom. The molecule has 1 fully saturated rings. The second-order valence-corrected chi connectivity index (χ2v) is 4.79. The summed E-state index contributed by atoms with van der Waals surface area (Å²) in [6, 6.07) is 8.46. The van der Waals surface area contributed by atoms with Crippen LogP contribution < -0.4 is 4.90 Å². The summed E-state index contributed by atoms with van der Waals surface area (Å²) in [4.78, 5) is 13.6. The van der Waals surface area contributed by atoms with Crippen molar-refractivity contribution in [1.29, 1.82) is 0 Å². The van der Waals surface area contributed by atoms with Gasteiger partial charge in [0.05, 0.1) is 7.11 Å². The standard InChI is InChI=1S/C15H21NO2/c1-3-4-5-12-6-8-13(9-7-12)16-11-10-14(16)15(17)18-2/h6-9,14H,3-5,10-11H2,1-2H3. The maximum absolute atomic E-state index is 11.5. The number of methoxy groups -OCH3 is 1. The predicted molar refractivity (Wildman–Crippen MR) is 72.8 cm³/mol. The van der Waals surface area contributed by atoms with Crippen LogP contribution in [-0.2, 0) is 16.0 Å². The Balaban J connectivity index is 1.99. The molecule has 1 unspecified atom stereocenters. The van der Waals surface area contributed by atoms with E-state index in [1.165, 1.54) is 25.5 Å². The van der Waals surface area contributed by atoms with Gasteiger partial charge in [0.25, 0.3) is 0 Å². The molecule has 0 amide bonds. The van der Waals surface area contributed by atoms with E-state index >= 15 is 0 Å². The van der Waals surface area contributed by atoms with Gasteiger partial charge in [0.2, 0.25) is 0 Å². The molecule has 1 aromatic rings. The van der Waals surface area contributed by atoms with E-state index in [4.69, 9.17) is 4.74 Å². The summed E-state index contributed by atoms with van der Waals surface area (Å²) in [7, 11) is 1.45. The van der Waals surface area contributed by atoms with Gasteiger partial charge in [0.1, 0.15) is 6.04 Å². The van der Waals surface area contributed by atoms with Crippen molar-refractivity contribution < 1.29 is 9.53 Å². The van der Waals surface area contributed by atoms with E-state index in [0.717, 1.165) is 25.1 Å². The number of esters is 1. The van der Waals surface area contributed by atoms with Crippen molar-refractivity contribution in [3.8, 4) is 0 Å². The van der Waals surface area contributed by atoms with E-state index < -0.39 is 0 Å². The number of hydrogen-bond acceptors (Lipinski definition) is 3. The fourth-order valence-electron chi connectivity index (χ4n) is 2.31. The number of benzene rings is 1. The highest BCUT2D eigenvalue weighted by Gasteiger charge is 2.34. The van der Waals surface area contributed by atoms with Crippen molar-refractivity contribution in [2.45, 2.75) is 38.6 Å². The quantitative estimate of drug-likeness (QED) is 0.749. The van der Waals surface area contributed by atoms with Gasteiger partial charge in [-0.3, -0.25) is 0 Å². The average molecular weight is 247 g/mol. The Morgan fingerprint density at radius 2 is 2.11 bits per heavy atom. The van der Waals surface area contributed by atoms with E-state index in [2.05, 4.69) is 36.1 Å². The molecule has 3 nitrogen and oxygen atoms in total. The fourth-order valence-corrected chi connectivity index (χ4v) is 2.31. The highest BCUT2D eigenvalue weighted by Crippen LogP contribution is 2.27. The molecule has 1 atom stereocenters. The van der Waals surface area contributed by atoms with Crippen LogP contribution >= 0.6 is 0 Å². The van der Waals surface area contributed by atoms with Gasteiger partial charge >= 0.3 is 5.97 Å². The fraction of sp³-hybridized carbons (Fsp3) is 0.533. The Labute approximate surface area is 109 Å². The van der Waals surface area contributed by atoms with E-state index in [9.17, 15) is 4.79 Å². The van der Waals surface area contributed by atoms with Gasteiger partial charge in [-0.25, -0.2) is 4.79 Å². The monoisotopic (exact) mass is 247 g/mol. The minimum atomic E-state index is -0.128. The number of hydrogen-bond donors (Lipinski definition) is 0. The molecule has 1 aliphatic heterocycles. The van der Waals surface area contributed by atoms with Crippen LogP contribution in [0, 0.1) is 0 Å². The number of unbranched alkanes of at least 4 members (excludes halogenated alkanes) is 1. The van der Waals surface area contributed by atoms with Crippen molar-refractivity contribution in [3.05, 3.63) is 29.8 Å². The summed E-state index contributed by atoms with van der Waals surface area (Å²) in [6.07, 6.45) is 4.48. The predicted octanol–water partition coefficient (Wildman–Crippen LogP) is 2.78. The summed E-state index contributed by atoms with van der Waals surface area (Å²) >= 11 is 0. The molecule has 98 valence electrons. The van der Waals surface area contributed by atoms with Gasteiger partial charge in [-0.1, -0.05) is 25.5 Å². The normalized spacial score (nSPS) is 18.3. The number of ether oxygens (including phenoxy) is 1. The molecule has 0 aliphatic carbocycles. The van der Waals surface area contributed by atoms with Crippen LogP contribution in [0.3, 0.4) is 0 Å². The van der Waals surface area contributed by atoms with Crippen LogP contribution in [-0.4, -0.2) is 25.7 Å². The zero-order valence-corrected chi connectivity index (χ0v) is 11.2. The van der Waals surface area contributed by atoms with Gasteiger partial charge in [-0.05, 0) is 37.0 Å². The molecule has 0 radical (unpaired) electrons. The molecule has 0 bridgehead atoms. The third kappa shape index (κ3) is 2.66. The Bertz CT molecular complexity index is 399. The van der Waals surface area contributed by atoms with Gasteiger partial charge in [0, 0.05) is 12.2 Å². The van der Waals surface area contributed by atoms with Crippen LogP contribution in [0.1, 0.15) is 31.7 Å². The van der Waals surface area contributed by atoms with E-state index in [1.54, 1.807) is 0 Å². The number of nitrogens with zero attached hydrogens (tertiary/aromatic N) is 1. The first-order valence-electron chi connectivity index (χ1n) is 6.69. The molecule has 18 heavy (non-hydrogen) atoms. The van der Waals surface area contributed by atoms with Crippen molar-refractivity contribution in [2.75, 3.05) is 18.6 Å². The van der Waals surface area contributed by atoms with E-state index in [0.29, 0.717) is 0 Å². The Hall–Kier alpha value is -1.51. The third-order valence-corrected chi connectivity index (χ3v) is 3.58. The molecule has 1 aromatic carbocycles. The molecule has 2 rings (SSSR count). The largest absolute Gasteiger partial charge is 0.467 e. The molecule has 3 heteroatoms. The first-order chi connectivity index (χ1) is 8.76. The first-order valence-corrected chi connectivity index (χ1v) is 6.69. The molecular weight excluding hydrogens is 226 g/mol. The zero-order valence-electron chi connectivity index (χ0n) is 11.2.